The monoisotopic (exact) mass is 368 g/mol. The molecule has 0 bridgehead atoms. The molecule has 0 fully saturated rings. The maximum atomic E-state index is 6.14. The van der Waals surface area contributed by atoms with E-state index in [1.54, 1.807) is 7.11 Å². The van der Waals surface area contributed by atoms with Gasteiger partial charge < -0.3 is 4.74 Å². The van der Waals surface area contributed by atoms with Gasteiger partial charge in [-0.15, -0.1) is 0 Å². The topological polar surface area (TPSA) is 35.0 Å². The molecule has 0 radical (unpaired) electrons. The van der Waals surface area contributed by atoms with Crippen LogP contribution in [0.25, 0.3) is 0 Å². The van der Waals surface area contributed by atoms with Gasteiger partial charge in [0.1, 0.15) is 11.3 Å². The lowest BCUT2D eigenvalue weighted by Crippen LogP contribution is -2.10. The van der Waals surface area contributed by atoms with E-state index in [1.165, 1.54) is 0 Å². The second kappa shape index (κ2) is 7.48. The van der Waals surface area contributed by atoms with Crippen molar-refractivity contribution in [2.45, 2.75) is 45.6 Å². The van der Waals surface area contributed by atoms with Crippen molar-refractivity contribution in [3.8, 4) is 0 Å². The summed E-state index contributed by atoms with van der Waals surface area (Å²) in [7, 11) is 1.69. The quantitative estimate of drug-likeness (QED) is 0.558. The molecule has 1 heterocycles. The van der Waals surface area contributed by atoms with Crippen LogP contribution >= 0.6 is 34.2 Å². The molecule has 0 spiro atoms. The molecule has 17 heavy (non-hydrogen) atoms. The first-order valence-electron chi connectivity index (χ1n) is 5.88. The van der Waals surface area contributed by atoms with Gasteiger partial charge in [0.2, 0.25) is 0 Å². The summed E-state index contributed by atoms with van der Waals surface area (Å²) in [6, 6.07) is 0. The summed E-state index contributed by atoms with van der Waals surface area (Å²) in [5, 5.41) is 0.539. The number of rotatable bonds is 6. The van der Waals surface area contributed by atoms with Crippen LogP contribution in [-0.4, -0.2) is 17.1 Å². The van der Waals surface area contributed by atoms with Crippen molar-refractivity contribution >= 4 is 34.2 Å². The fourth-order valence-corrected chi connectivity index (χ4v) is 2.35. The lowest BCUT2D eigenvalue weighted by molar-refractivity contribution is 0.0873. The first-order chi connectivity index (χ1) is 8.13. The molecule has 1 atom stereocenters. The molecule has 1 aromatic rings. The fourth-order valence-electron chi connectivity index (χ4n) is 1.64. The fraction of sp³-hybridized carbons (Fsp3) is 0.667. The Morgan fingerprint density at radius 3 is 2.53 bits per heavy atom. The van der Waals surface area contributed by atoms with Crippen LogP contribution in [0, 0.1) is 3.57 Å². The van der Waals surface area contributed by atoms with Crippen LogP contribution in [0.5, 0.6) is 0 Å². The van der Waals surface area contributed by atoms with Crippen molar-refractivity contribution in [3.63, 3.8) is 0 Å². The highest BCUT2D eigenvalue weighted by atomic mass is 127. The van der Waals surface area contributed by atoms with Gasteiger partial charge in [0.25, 0.3) is 0 Å². The van der Waals surface area contributed by atoms with Gasteiger partial charge in [-0.25, -0.2) is 9.97 Å². The van der Waals surface area contributed by atoms with E-state index >= 15 is 0 Å². The highest BCUT2D eigenvalue weighted by Gasteiger charge is 2.17. The van der Waals surface area contributed by atoms with Crippen molar-refractivity contribution in [1.29, 1.82) is 0 Å². The number of aromatic nitrogens is 2. The van der Waals surface area contributed by atoms with E-state index in [9.17, 15) is 0 Å². The van der Waals surface area contributed by atoms with Crippen LogP contribution in [0.3, 0.4) is 0 Å². The second-order valence-electron chi connectivity index (χ2n) is 3.90. The number of hydrogen-bond donors (Lipinski definition) is 0. The summed E-state index contributed by atoms with van der Waals surface area (Å²) < 4.78 is 6.38. The molecule has 0 aliphatic carbocycles. The molecule has 0 aromatic carbocycles. The van der Waals surface area contributed by atoms with Crippen molar-refractivity contribution in [3.05, 3.63) is 20.2 Å². The number of methoxy groups -OCH3 is 1. The van der Waals surface area contributed by atoms with E-state index < -0.39 is 0 Å². The Balaban J connectivity index is 3.07. The number of ether oxygens (including phenoxy) is 1. The standard InChI is InChI=1S/C12H18ClIN2O/c1-4-6-8-10(14)11(13)16-12(15-8)9(17-3)7-5-2/h9H,4-7H2,1-3H3. The Labute approximate surface area is 121 Å². The van der Waals surface area contributed by atoms with Gasteiger partial charge in [0.05, 0.1) is 9.26 Å². The van der Waals surface area contributed by atoms with Crippen LogP contribution in [0.15, 0.2) is 0 Å². The predicted molar refractivity (Wildman–Crippen MR) is 78.4 cm³/mol. The van der Waals surface area contributed by atoms with Crippen LogP contribution in [0.4, 0.5) is 0 Å². The SMILES string of the molecule is CCCc1nc(C(CCC)OC)nc(Cl)c1I. The minimum atomic E-state index is -0.0508. The molecule has 0 aliphatic rings. The third-order valence-corrected chi connectivity index (χ3v) is 4.23. The third-order valence-electron chi connectivity index (χ3n) is 2.51. The van der Waals surface area contributed by atoms with E-state index in [-0.39, 0.29) is 6.10 Å². The van der Waals surface area contributed by atoms with Crippen molar-refractivity contribution < 1.29 is 4.74 Å². The average molecular weight is 369 g/mol. The third kappa shape index (κ3) is 4.03. The van der Waals surface area contributed by atoms with Crippen LogP contribution in [-0.2, 0) is 11.2 Å². The first kappa shape index (κ1) is 15.1. The Kier molecular flexibility index (Phi) is 6.66. The van der Waals surface area contributed by atoms with Crippen molar-refractivity contribution in [1.82, 2.24) is 9.97 Å². The maximum absolute atomic E-state index is 6.14. The molecule has 0 N–H and O–H groups in total. The summed E-state index contributed by atoms with van der Waals surface area (Å²) in [5.41, 5.74) is 1.03. The Morgan fingerprint density at radius 2 is 2.00 bits per heavy atom. The summed E-state index contributed by atoms with van der Waals surface area (Å²) >= 11 is 8.35. The van der Waals surface area contributed by atoms with E-state index in [2.05, 4.69) is 46.4 Å². The van der Waals surface area contributed by atoms with Crippen LogP contribution in [0.1, 0.15) is 50.7 Å². The van der Waals surface area contributed by atoms with E-state index in [1.807, 2.05) is 0 Å². The molecule has 5 heteroatoms. The van der Waals surface area contributed by atoms with Gasteiger partial charge in [-0.05, 0) is 35.4 Å². The zero-order chi connectivity index (χ0) is 12.8. The van der Waals surface area contributed by atoms with Crippen LogP contribution < -0.4 is 0 Å². The molecule has 1 rings (SSSR count). The number of aryl methyl sites for hydroxylation is 1. The molecular weight excluding hydrogens is 351 g/mol. The van der Waals surface area contributed by atoms with Gasteiger partial charge >= 0.3 is 0 Å². The highest BCUT2D eigenvalue weighted by molar-refractivity contribution is 14.1. The summed E-state index contributed by atoms with van der Waals surface area (Å²) in [6.07, 6.45) is 3.88. The van der Waals surface area contributed by atoms with Crippen molar-refractivity contribution in [2.24, 2.45) is 0 Å². The largest absolute Gasteiger partial charge is 0.373 e. The van der Waals surface area contributed by atoms with E-state index in [0.717, 1.165) is 34.9 Å². The Hall–Kier alpha value is 0.0600. The Morgan fingerprint density at radius 1 is 1.29 bits per heavy atom. The first-order valence-corrected chi connectivity index (χ1v) is 7.34. The normalized spacial score (nSPS) is 12.8. The lowest BCUT2D eigenvalue weighted by atomic mass is 10.2. The van der Waals surface area contributed by atoms with Crippen molar-refractivity contribution in [2.75, 3.05) is 7.11 Å². The van der Waals surface area contributed by atoms with E-state index in [4.69, 9.17) is 16.3 Å². The number of hydrogen-bond acceptors (Lipinski definition) is 3. The highest BCUT2D eigenvalue weighted by Crippen LogP contribution is 2.25. The summed E-state index contributed by atoms with van der Waals surface area (Å²) in [5.74, 6) is 0.711. The molecule has 96 valence electrons. The van der Waals surface area contributed by atoms with Gasteiger partial charge in [-0.3, -0.25) is 0 Å². The van der Waals surface area contributed by atoms with Gasteiger partial charge in [0.15, 0.2) is 5.82 Å². The number of halogens is 2. The minimum absolute atomic E-state index is 0.0508. The summed E-state index contributed by atoms with van der Waals surface area (Å²) in [4.78, 5) is 8.91. The smallest absolute Gasteiger partial charge is 0.159 e. The summed E-state index contributed by atoms with van der Waals surface area (Å²) in [6.45, 7) is 4.25. The molecule has 0 saturated heterocycles. The number of nitrogens with zero attached hydrogens (tertiary/aromatic N) is 2. The van der Waals surface area contributed by atoms with Gasteiger partial charge in [0, 0.05) is 7.11 Å². The molecule has 1 aromatic heterocycles. The molecule has 1 unspecified atom stereocenters. The molecule has 0 amide bonds. The molecule has 0 aliphatic heterocycles. The minimum Gasteiger partial charge on any atom is -0.373 e. The predicted octanol–water partition coefficient (Wildman–Crippen LogP) is 4.17. The second-order valence-corrected chi connectivity index (χ2v) is 5.33. The molecule has 3 nitrogen and oxygen atoms in total. The zero-order valence-corrected chi connectivity index (χ0v) is 13.4. The average Bonchev–Trinajstić information content (AvgIpc) is 2.32. The molecular formula is C12H18ClIN2O. The Bertz CT molecular complexity index is 374. The van der Waals surface area contributed by atoms with Gasteiger partial charge in [-0.2, -0.15) is 0 Å². The zero-order valence-electron chi connectivity index (χ0n) is 10.5. The van der Waals surface area contributed by atoms with Gasteiger partial charge in [-0.1, -0.05) is 38.3 Å². The van der Waals surface area contributed by atoms with Crippen LogP contribution in [0.2, 0.25) is 5.15 Å². The molecule has 0 saturated carbocycles. The maximum Gasteiger partial charge on any atom is 0.159 e. The lowest BCUT2D eigenvalue weighted by Gasteiger charge is -2.15. The van der Waals surface area contributed by atoms with E-state index in [0.29, 0.717) is 11.0 Å².